The van der Waals surface area contributed by atoms with Gasteiger partial charge in [-0.25, -0.2) is 0 Å². The maximum absolute atomic E-state index is 4.82. The molecule has 1 fully saturated rings. The fraction of sp³-hybridized carbons (Fsp3) is 0.917. The molecule has 2 atom stereocenters. The largest absolute Gasteiger partial charge is 0.361 e. The Morgan fingerprint density at radius 3 is 2.88 bits per heavy atom. The highest BCUT2D eigenvalue weighted by atomic mass is 32.2. The van der Waals surface area contributed by atoms with Crippen LogP contribution in [0.25, 0.3) is 0 Å². The number of rotatable bonds is 2. The minimum atomic E-state index is 0.530. The lowest BCUT2D eigenvalue weighted by Crippen LogP contribution is -2.37. The zero-order valence-corrected chi connectivity index (χ0v) is 11.4. The second kappa shape index (κ2) is 5.41. The monoisotopic (exact) mass is 241 g/mol. The second-order valence-corrected chi connectivity index (χ2v) is 6.36. The van der Waals surface area contributed by atoms with Crippen molar-refractivity contribution in [3.05, 3.63) is 0 Å². The molecule has 0 amide bonds. The molecule has 0 saturated carbocycles. The lowest BCUT2D eigenvalue weighted by atomic mass is 10.0. The summed E-state index contributed by atoms with van der Waals surface area (Å²) in [6.07, 6.45) is 2.49. The van der Waals surface area contributed by atoms with Gasteiger partial charge >= 0.3 is 0 Å². The summed E-state index contributed by atoms with van der Waals surface area (Å²) in [6.45, 7) is 6.91. The van der Waals surface area contributed by atoms with Gasteiger partial charge < -0.3 is 10.2 Å². The standard InChI is InChI=1S/C12H23N3S/c1-9(2)11-5-7-16-12(14-11)13-10-4-6-15(3)8-10/h9-11H,4-8H2,1-3H3,(H,13,14). The predicted molar refractivity (Wildman–Crippen MR) is 72.2 cm³/mol. The molecule has 0 radical (unpaired) electrons. The van der Waals surface area contributed by atoms with Gasteiger partial charge in [0.2, 0.25) is 0 Å². The van der Waals surface area contributed by atoms with E-state index in [-0.39, 0.29) is 0 Å². The van der Waals surface area contributed by atoms with E-state index in [1.807, 2.05) is 11.8 Å². The molecular weight excluding hydrogens is 218 g/mol. The van der Waals surface area contributed by atoms with E-state index in [1.165, 1.54) is 30.3 Å². The third kappa shape index (κ3) is 3.14. The third-order valence-corrected chi connectivity index (χ3v) is 4.36. The van der Waals surface area contributed by atoms with Gasteiger partial charge in [-0.3, -0.25) is 4.99 Å². The van der Waals surface area contributed by atoms with Gasteiger partial charge in [0.1, 0.15) is 0 Å². The van der Waals surface area contributed by atoms with Crippen LogP contribution in [0.15, 0.2) is 4.99 Å². The molecule has 0 spiro atoms. The first kappa shape index (κ1) is 12.2. The second-order valence-electron chi connectivity index (χ2n) is 5.27. The van der Waals surface area contributed by atoms with E-state index in [0.29, 0.717) is 18.0 Å². The Hall–Kier alpha value is -0.220. The van der Waals surface area contributed by atoms with E-state index in [9.17, 15) is 0 Å². The summed E-state index contributed by atoms with van der Waals surface area (Å²) < 4.78 is 0. The van der Waals surface area contributed by atoms with Crippen molar-refractivity contribution in [2.75, 3.05) is 25.9 Å². The molecule has 0 aliphatic carbocycles. The SMILES string of the molecule is CC(C)C1CCSC(NC2CCN(C)C2)=N1. The predicted octanol–water partition coefficient (Wildman–Crippen LogP) is 1.80. The topological polar surface area (TPSA) is 27.6 Å². The number of nitrogens with zero attached hydrogens (tertiary/aromatic N) is 2. The normalized spacial score (nSPS) is 31.9. The molecular formula is C12H23N3S. The van der Waals surface area contributed by atoms with Crippen LogP contribution in [0.3, 0.4) is 0 Å². The molecule has 4 heteroatoms. The average molecular weight is 241 g/mol. The first-order chi connectivity index (χ1) is 7.65. The first-order valence-electron chi connectivity index (χ1n) is 6.31. The van der Waals surface area contributed by atoms with Gasteiger partial charge in [-0.2, -0.15) is 0 Å². The van der Waals surface area contributed by atoms with Crippen LogP contribution in [0.5, 0.6) is 0 Å². The highest BCUT2D eigenvalue weighted by Gasteiger charge is 2.23. The van der Waals surface area contributed by atoms with Gasteiger partial charge in [0, 0.05) is 18.3 Å². The Morgan fingerprint density at radius 2 is 2.25 bits per heavy atom. The van der Waals surface area contributed by atoms with Gasteiger partial charge in [-0.1, -0.05) is 25.6 Å². The number of likely N-dealkylation sites (tertiary alicyclic amines) is 1. The quantitative estimate of drug-likeness (QED) is 0.799. The molecule has 0 aromatic heterocycles. The molecule has 2 heterocycles. The van der Waals surface area contributed by atoms with Crippen molar-refractivity contribution in [3.8, 4) is 0 Å². The number of thioether (sulfide) groups is 1. The summed E-state index contributed by atoms with van der Waals surface area (Å²) in [6, 6.07) is 1.14. The minimum absolute atomic E-state index is 0.530. The summed E-state index contributed by atoms with van der Waals surface area (Å²) in [4.78, 5) is 7.20. The maximum atomic E-state index is 4.82. The Bertz CT molecular complexity index is 265. The van der Waals surface area contributed by atoms with E-state index in [0.717, 1.165) is 6.54 Å². The number of hydrogen-bond donors (Lipinski definition) is 1. The Kier molecular flexibility index (Phi) is 4.14. The van der Waals surface area contributed by atoms with Gasteiger partial charge in [0.15, 0.2) is 5.17 Å². The summed E-state index contributed by atoms with van der Waals surface area (Å²) in [5.74, 6) is 1.89. The average Bonchev–Trinajstić information content (AvgIpc) is 2.64. The van der Waals surface area contributed by atoms with Crippen LogP contribution in [0.2, 0.25) is 0 Å². The minimum Gasteiger partial charge on any atom is -0.361 e. The van der Waals surface area contributed by atoms with Gasteiger partial charge in [-0.05, 0) is 32.4 Å². The van der Waals surface area contributed by atoms with Crippen LogP contribution < -0.4 is 5.32 Å². The molecule has 3 nitrogen and oxygen atoms in total. The van der Waals surface area contributed by atoms with E-state index in [1.54, 1.807) is 0 Å². The van der Waals surface area contributed by atoms with E-state index in [2.05, 4.69) is 31.1 Å². The Labute approximate surface area is 103 Å². The zero-order chi connectivity index (χ0) is 11.5. The number of likely N-dealkylation sites (N-methyl/N-ethyl adjacent to an activating group) is 1. The van der Waals surface area contributed by atoms with E-state index in [4.69, 9.17) is 4.99 Å². The number of aliphatic imine (C=N–C) groups is 1. The highest BCUT2D eigenvalue weighted by Crippen LogP contribution is 2.22. The lowest BCUT2D eigenvalue weighted by Gasteiger charge is -2.25. The van der Waals surface area contributed by atoms with Crippen LogP contribution in [0.1, 0.15) is 26.7 Å². The molecule has 0 aromatic rings. The number of amidine groups is 1. The first-order valence-corrected chi connectivity index (χ1v) is 7.29. The van der Waals surface area contributed by atoms with Crippen molar-refractivity contribution in [2.24, 2.45) is 10.9 Å². The number of hydrogen-bond acceptors (Lipinski definition) is 4. The van der Waals surface area contributed by atoms with Crippen LogP contribution in [0.4, 0.5) is 0 Å². The fourth-order valence-corrected chi connectivity index (χ4v) is 3.33. The Balaban J connectivity index is 1.88. The van der Waals surface area contributed by atoms with Crippen LogP contribution in [-0.4, -0.2) is 48.0 Å². The van der Waals surface area contributed by atoms with E-state index >= 15 is 0 Å². The van der Waals surface area contributed by atoms with Gasteiger partial charge in [0.25, 0.3) is 0 Å². The zero-order valence-electron chi connectivity index (χ0n) is 10.6. The van der Waals surface area contributed by atoms with Crippen molar-refractivity contribution in [1.29, 1.82) is 0 Å². The van der Waals surface area contributed by atoms with E-state index < -0.39 is 0 Å². The number of nitrogens with one attached hydrogen (secondary N) is 1. The molecule has 2 unspecified atom stereocenters. The van der Waals surface area contributed by atoms with Crippen LogP contribution >= 0.6 is 11.8 Å². The molecule has 2 aliphatic rings. The summed E-state index contributed by atoms with van der Waals surface area (Å²) in [5, 5.41) is 4.79. The van der Waals surface area contributed by atoms with Crippen molar-refractivity contribution in [3.63, 3.8) is 0 Å². The van der Waals surface area contributed by atoms with Gasteiger partial charge in [-0.15, -0.1) is 0 Å². The summed E-state index contributed by atoms with van der Waals surface area (Å²) in [7, 11) is 2.19. The molecule has 1 saturated heterocycles. The van der Waals surface area contributed by atoms with Crippen molar-refractivity contribution >= 4 is 16.9 Å². The third-order valence-electron chi connectivity index (χ3n) is 3.42. The summed E-state index contributed by atoms with van der Waals surface area (Å²) in [5.41, 5.74) is 0. The maximum Gasteiger partial charge on any atom is 0.157 e. The molecule has 1 N–H and O–H groups in total. The fourth-order valence-electron chi connectivity index (χ4n) is 2.32. The van der Waals surface area contributed by atoms with Crippen LogP contribution in [-0.2, 0) is 0 Å². The molecule has 92 valence electrons. The van der Waals surface area contributed by atoms with Crippen molar-refractivity contribution in [2.45, 2.75) is 38.8 Å². The summed E-state index contributed by atoms with van der Waals surface area (Å²) >= 11 is 1.89. The molecule has 2 rings (SSSR count). The Morgan fingerprint density at radius 1 is 1.44 bits per heavy atom. The van der Waals surface area contributed by atoms with Crippen LogP contribution in [0, 0.1) is 5.92 Å². The molecule has 0 bridgehead atoms. The lowest BCUT2D eigenvalue weighted by molar-refractivity contribution is 0.407. The van der Waals surface area contributed by atoms with Crippen molar-refractivity contribution in [1.82, 2.24) is 10.2 Å². The molecule has 16 heavy (non-hydrogen) atoms. The van der Waals surface area contributed by atoms with Crippen molar-refractivity contribution < 1.29 is 0 Å². The van der Waals surface area contributed by atoms with Gasteiger partial charge in [0.05, 0.1) is 6.04 Å². The molecule has 0 aromatic carbocycles. The highest BCUT2D eigenvalue weighted by molar-refractivity contribution is 8.13. The smallest absolute Gasteiger partial charge is 0.157 e. The molecule has 2 aliphatic heterocycles.